The number of carbonyl (C=O) groups is 1. The molecule has 130 valence electrons. The monoisotopic (exact) mass is 358 g/mol. The van der Waals surface area contributed by atoms with Gasteiger partial charge in [0.15, 0.2) is 10.9 Å². The number of rotatable bonds is 6. The SMILES string of the molecule is CCCCn1c(Sc2ccc(C(F)(F)F)cc2)nc(C(N)=O)c1N. The van der Waals surface area contributed by atoms with Crippen molar-refractivity contribution in [3.8, 4) is 0 Å². The molecule has 0 aliphatic heterocycles. The van der Waals surface area contributed by atoms with Crippen LogP contribution in [0.25, 0.3) is 0 Å². The Morgan fingerprint density at radius 2 is 1.92 bits per heavy atom. The Morgan fingerprint density at radius 3 is 2.42 bits per heavy atom. The quantitative estimate of drug-likeness (QED) is 0.827. The first-order chi connectivity index (χ1) is 11.2. The van der Waals surface area contributed by atoms with Crippen molar-refractivity contribution in [2.75, 3.05) is 5.73 Å². The van der Waals surface area contributed by atoms with Crippen molar-refractivity contribution < 1.29 is 18.0 Å². The van der Waals surface area contributed by atoms with Gasteiger partial charge in [0.25, 0.3) is 5.91 Å². The Kier molecular flexibility index (Phi) is 5.43. The van der Waals surface area contributed by atoms with E-state index in [0.29, 0.717) is 16.6 Å². The van der Waals surface area contributed by atoms with E-state index >= 15 is 0 Å². The number of unbranched alkanes of at least 4 members (excludes halogenated alkanes) is 1. The van der Waals surface area contributed by atoms with Crippen LogP contribution in [0.15, 0.2) is 34.3 Å². The third-order valence-electron chi connectivity index (χ3n) is 3.33. The van der Waals surface area contributed by atoms with Gasteiger partial charge in [0.2, 0.25) is 0 Å². The smallest absolute Gasteiger partial charge is 0.383 e. The second-order valence-corrected chi connectivity index (χ2v) is 6.16. The number of halogens is 3. The summed E-state index contributed by atoms with van der Waals surface area (Å²) in [6.45, 7) is 2.55. The third-order valence-corrected chi connectivity index (χ3v) is 4.33. The van der Waals surface area contributed by atoms with Crippen LogP contribution in [0.2, 0.25) is 0 Å². The molecule has 0 radical (unpaired) electrons. The van der Waals surface area contributed by atoms with Gasteiger partial charge in [-0.25, -0.2) is 4.98 Å². The fraction of sp³-hybridized carbons (Fsp3) is 0.333. The molecule has 2 rings (SSSR count). The molecule has 0 saturated carbocycles. The fourth-order valence-electron chi connectivity index (χ4n) is 2.05. The normalized spacial score (nSPS) is 11.7. The summed E-state index contributed by atoms with van der Waals surface area (Å²) < 4.78 is 39.5. The van der Waals surface area contributed by atoms with Crippen molar-refractivity contribution in [3.63, 3.8) is 0 Å². The Morgan fingerprint density at radius 1 is 1.29 bits per heavy atom. The number of amides is 1. The van der Waals surface area contributed by atoms with Crippen molar-refractivity contribution in [3.05, 3.63) is 35.5 Å². The molecule has 1 amide bonds. The number of aromatic nitrogens is 2. The van der Waals surface area contributed by atoms with Gasteiger partial charge in [-0.3, -0.25) is 4.79 Å². The topological polar surface area (TPSA) is 86.9 Å². The zero-order valence-electron chi connectivity index (χ0n) is 12.9. The number of hydrogen-bond acceptors (Lipinski definition) is 4. The lowest BCUT2D eigenvalue weighted by Crippen LogP contribution is -2.14. The Balaban J connectivity index is 2.31. The first kappa shape index (κ1) is 18.2. The summed E-state index contributed by atoms with van der Waals surface area (Å²) in [6, 6.07) is 4.71. The lowest BCUT2D eigenvalue weighted by atomic mass is 10.2. The largest absolute Gasteiger partial charge is 0.416 e. The van der Waals surface area contributed by atoms with Gasteiger partial charge >= 0.3 is 6.18 Å². The standard InChI is InChI=1S/C15H17F3N4OS/c1-2-3-8-22-12(19)11(13(20)23)21-14(22)24-10-6-4-9(5-7-10)15(16,17)18/h4-7H,2-3,8,19H2,1H3,(H2,20,23). The number of nitrogens with two attached hydrogens (primary N) is 2. The van der Waals surface area contributed by atoms with E-state index in [9.17, 15) is 18.0 Å². The maximum Gasteiger partial charge on any atom is 0.416 e. The van der Waals surface area contributed by atoms with E-state index < -0.39 is 17.6 Å². The number of alkyl halides is 3. The molecule has 4 N–H and O–H groups in total. The highest BCUT2D eigenvalue weighted by atomic mass is 32.2. The van der Waals surface area contributed by atoms with E-state index in [4.69, 9.17) is 11.5 Å². The number of nitrogens with zero attached hydrogens (tertiary/aromatic N) is 2. The van der Waals surface area contributed by atoms with Crippen molar-refractivity contribution in [1.29, 1.82) is 0 Å². The fourth-order valence-corrected chi connectivity index (χ4v) is 2.97. The van der Waals surface area contributed by atoms with Crippen molar-refractivity contribution in [2.24, 2.45) is 5.73 Å². The number of benzene rings is 1. The number of carbonyl (C=O) groups excluding carboxylic acids is 1. The van der Waals surface area contributed by atoms with Gasteiger partial charge < -0.3 is 16.0 Å². The molecule has 0 saturated heterocycles. The molecule has 0 atom stereocenters. The summed E-state index contributed by atoms with van der Waals surface area (Å²) in [5, 5.41) is 0.425. The zero-order valence-corrected chi connectivity index (χ0v) is 13.7. The number of primary amides is 1. The second kappa shape index (κ2) is 7.16. The minimum atomic E-state index is -4.38. The summed E-state index contributed by atoms with van der Waals surface area (Å²) in [7, 11) is 0. The Bertz CT molecular complexity index is 726. The second-order valence-electron chi connectivity index (χ2n) is 5.12. The summed E-state index contributed by atoms with van der Waals surface area (Å²) in [5.41, 5.74) is 10.4. The number of imidazole rings is 1. The zero-order chi connectivity index (χ0) is 17.9. The highest BCUT2D eigenvalue weighted by Crippen LogP contribution is 2.34. The summed E-state index contributed by atoms with van der Waals surface area (Å²) in [4.78, 5) is 16.1. The highest BCUT2D eigenvalue weighted by Gasteiger charge is 2.30. The maximum absolute atomic E-state index is 12.6. The van der Waals surface area contributed by atoms with E-state index in [0.717, 1.165) is 36.7 Å². The summed E-state index contributed by atoms with van der Waals surface area (Å²) in [5.74, 6) is -0.567. The number of nitrogen functional groups attached to an aromatic ring is 1. The van der Waals surface area contributed by atoms with Gasteiger partial charge in [0.05, 0.1) is 5.56 Å². The molecular formula is C15H17F3N4OS. The van der Waals surface area contributed by atoms with Crippen LogP contribution in [0.1, 0.15) is 35.8 Å². The minimum Gasteiger partial charge on any atom is -0.383 e. The van der Waals surface area contributed by atoms with Crippen LogP contribution in [0.4, 0.5) is 19.0 Å². The molecule has 2 aromatic rings. The first-order valence-electron chi connectivity index (χ1n) is 7.25. The maximum atomic E-state index is 12.6. The van der Waals surface area contributed by atoms with Crippen LogP contribution < -0.4 is 11.5 Å². The molecule has 24 heavy (non-hydrogen) atoms. The molecule has 0 aliphatic rings. The lowest BCUT2D eigenvalue weighted by molar-refractivity contribution is -0.137. The number of hydrogen-bond donors (Lipinski definition) is 2. The predicted molar refractivity (Wildman–Crippen MR) is 85.6 cm³/mol. The molecule has 5 nitrogen and oxygen atoms in total. The third kappa shape index (κ3) is 4.02. The molecule has 0 spiro atoms. The molecular weight excluding hydrogens is 341 g/mol. The van der Waals surface area contributed by atoms with E-state index in [1.807, 2.05) is 6.92 Å². The average molecular weight is 358 g/mol. The first-order valence-corrected chi connectivity index (χ1v) is 8.06. The molecule has 1 aromatic carbocycles. The van der Waals surface area contributed by atoms with E-state index in [2.05, 4.69) is 4.98 Å². The van der Waals surface area contributed by atoms with Crippen molar-refractivity contribution in [1.82, 2.24) is 9.55 Å². The van der Waals surface area contributed by atoms with Crippen molar-refractivity contribution in [2.45, 2.75) is 42.5 Å². The molecule has 0 bridgehead atoms. The summed E-state index contributed by atoms with van der Waals surface area (Å²) >= 11 is 1.13. The summed E-state index contributed by atoms with van der Waals surface area (Å²) in [6.07, 6.45) is -2.65. The number of anilines is 1. The molecule has 0 fully saturated rings. The van der Waals surface area contributed by atoms with E-state index in [1.54, 1.807) is 4.57 Å². The van der Waals surface area contributed by atoms with Gasteiger partial charge in [-0.05, 0) is 30.7 Å². The van der Waals surface area contributed by atoms with Crippen LogP contribution in [-0.2, 0) is 12.7 Å². The van der Waals surface area contributed by atoms with Crippen LogP contribution in [0.5, 0.6) is 0 Å². The highest BCUT2D eigenvalue weighted by molar-refractivity contribution is 7.99. The lowest BCUT2D eigenvalue weighted by Gasteiger charge is -2.10. The minimum absolute atomic E-state index is 0.0273. The van der Waals surface area contributed by atoms with Gasteiger partial charge in [0, 0.05) is 11.4 Å². The molecule has 0 unspecified atom stereocenters. The van der Waals surface area contributed by atoms with E-state index in [1.165, 1.54) is 12.1 Å². The van der Waals surface area contributed by atoms with Crippen molar-refractivity contribution >= 4 is 23.5 Å². The van der Waals surface area contributed by atoms with Gasteiger partial charge in [-0.1, -0.05) is 25.1 Å². The predicted octanol–water partition coefficient (Wildman–Crippen LogP) is 3.53. The Hall–Kier alpha value is -2.16. The molecule has 9 heteroatoms. The molecule has 0 aliphatic carbocycles. The van der Waals surface area contributed by atoms with Crippen LogP contribution >= 0.6 is 11.8 Å². The van der Waals surface area contributed by atoms with Gasteiger partial charge in [-0.2, -0.15) is 13.2 Å². The molecule has 1 heterocycles. The van der Waals surface area contributed by atoms with Crippen LogP contribution in [0.3, 0.4) is 0 Å². The average Bonchev–Trinajstić information content (AvgIpc) is 2.81. The van der Waals surface area contributed by atoms with Crippen LogP contribution in [-0.4, -0.2) is 15.5 Å². The van der Waals surface area contributed by atoms with E-state index in [-0.39, 0.29) is 11.5 Å². The molecule has 1 aromatic heterocycles. The van der Waals surface area contributed by atoms with Gasteiger partial charge in [0.1, 0.15) is 5.82 Å². The van der Waals surface area contributed by atoms with Crippen LogP contribution in [0, 0.1) is 0 Å². The Labute approximate surface area is 141 Å². The van der Waals surface area contributed by atoms with Gasteiger partial charge in [-0.15, -0.1) is 0 Å².